The molecule has 4 rings (SSSR count). The summed E-state index contributed by atoms with van der Waals surface area (Å²) in [5, 5.41) is 19.7. The zero-order chi connectivity index (χ0) is 23.2. The first-order chi connectivity index (χ1) is 16.0. The fourth-order valence-electron chi connectivity index (χ4n) is 4.51. The number of pyridine rings is 1. The van der Waals surface area contributed by atoms with Crippen molar-refractivity contribution in [3.63, 3.8) is 0 Å². The SMILES string of the molecule is Cc1ccc([C@@H]2CN(Cc3ccc(C)cn3)CCN2c2ccc(CCCC#N)cc2O)cc1. The lowest BCUT2D eigenvalue weighted by Crippen LogP contribution is -2.48. The molecule has 0 spiro atoms. The summed E-state index contributed by atoms with van der Waals surface area (Å²) in [5.74, 6) is 0.315. The third-order valence-electron chi connectivity index (χ3n) is 6.39. The maximum Gasteiger partial charge on any atom is 0.139 e. The van der Waals surface area contributed by atoms with Gasteiger partial charge >= 0.3 is 0 Å². The molecular formula is C28H32N4O. The monoisotopic (exact) mass is 440 g/mol. The minimum atomic E-state index is 0.139. The van der Waals surface area contributed by atoms with Crippen LogP contribution in [0.4, 0.5) is 5.69 Å². The lowest BCUT2D eigenvalue weighted by atomic mass is 9.99. The maximum absolute atomic E-state index is 10.9. The van der Waals surface area contributed by atoms with Gasteiger partial charge in [0, 0.05) is 38.8 Å². The third kappa shape index (κ3) is 5.71. The number of nitriles is 1. The van der Waals surface area contributed by atoms with Gasteiger partial charge in [0.1, 0.15) is 5.75 Å². The van der Waals surface area contributed by atoms with E-state index in [0.29, 0.717) is 12.2 Å². The molecule has 0 bridgehead atoms. The fraction of sp³-hybridized carbons (Fsp3) is 0.357. The van der Waals surface area contributed by atoms with Gasteiger partial charge in [-0.25, -0.2) is 0 Å². The van der Waals surface area contributed by atoms with Gasteiger partial charge in [0.05, 0.1) is 23.5 Å². The van der Waals surface area contributed by atoms with Gasteiger partial charge in [-0.05, 0) is 61.6 Å². The average molecular weight is 441 g/mol. The molecule has 170 valence electrons. The van der Waals surface area contributed by atoms with Crippen LogP contribution in [0.2, 0.25) is 0 Å². The number of unbranched alkanes of at least 4 members (excludes halogenated alkanes) is 1. The summed E-state index contributed by atoms with van der Waals surface area (Å²) >= 11 is 0. The molecule has 1 aliphatic heterocycles. The van der Waals surface area contributed by atoms with Crippen molar-refractivity contribution < 1.29 is 5.11 Å². The highest BCUT2D eigenvalue weighted by molar-refractivity contribution is 5.61. The molecule has 1 N–H and O–H groups in total. The Bertz CT molecular complexity index is 1100. The molecule has 0 radical (unpaired) electrons. The molecule has 0 amide bonds. The Hall–Kier alpha value is -3.36. The van der Waals surface area contributed by atoms with Crippen LogP contribution in [-0.4, -0.2) is 34.6 Å². The molecule has 2 heterocycles. The molecule has 1 saturated heterocycles. The highest BCUT2D eigenvalue weighted by atomic mass is 16.3. The van der Waals surface area contributed by atoms with Crippen LogP contribution in [0, 0.1) is 25.2 Å². The second kappa shape index (κ2) is 10.5. The molecule has 5 heteroatoms. The highest BCUT2D eigenvalue weighted by Gasteiger charge is 2.30. The number of piperazine rings is 1. The van der Waals surface area contributed by atoms with E-state index < -0.39 is 0 Å². The van der Waals surface area contributed by atoms with Crippen molar-refractivity contribution in [2.75, 3.05) is 24.5 Å². The number of nitrogens with zero attached hydrogens (tertiary/aromatic N) is 4. The van der Waals surface area contributed by atoms with E-state index in [1.54, 1.807) is 0 Å². The van der Waals surface area contributed by atoms with Crippen LogP contribution in [0.25, 0.3) is 0 Å². The van der Waals surface area contributed by atoms with E-state index in [1.807, 2.05) is 18.3 Å². The molecule has 0 aliphatic carbocycles. The molecule has 0 saturated carbocycles. The number of aromatic hydroxyl groups is 1. The molecular weight excluding hydrogens is 408 g/mol. The van der Waals surface area contributed by atoms with Crippen LogP contribution in [-0.2, 0) is 13.0 Å². The van der Waals surface area contributed by atoms with E-state index in [9.17, 15) is 5.11 Å². The van der Waals surface area contributed by atoms with Crippen molar-refractivity contribution in [1.29, 1.82) is 5.26 Å². The van der Waals surface area contributed by atoms with E-state index in [4.69, 9.17) is 5.26 Å². The van der Waals surface area contributed by atoms with Gasteiger partial charge in [-0.3, -0.25) is 9.88 Å². The lowest BCUT2D eigenvalue weighted by Gasteiger charge is -2.43. The Morgan fingerprint density at radius 1 is 1.03 bits per heavy atom. The summed E-state index contributed by atoms with van der Waals surface area (Å²) < 4.78 is 0. The number of phenolic OH excluding ortho intramolecular Hbond substituents is 1. The topological polar surface area (TPSA) is 63.4 Å². The predicted octanol–water partition coefficient (Wildman–Crippen LogP) is 5.31. The highest BCUT2D eigenvalue weighted by Crippen LogP contribution is 2.37. The Labute approximate surface area is 196 Å². The summed E-state index contributed by atoms with van der Waals surface area (Å²) in [6, 6.07) is 21.3. The first kappa shape index (κ1) is 22.8. The van der Waals surface area contributed by atoms with E-state index in [1.165, 1.54) is 16.7 Å². The van der Waals surface area contributed by atoms with Gasteiger partial charge in [0.15, 0.2) is 0 Å². The van der Waals surface area contributed by atoms with Gasteiger partial charge < -0.3 is 10.0 Å². The van der Waals surface area contributed by atoms with Gasteiger partial charge in [-0.15, -0.1) is 0 Å². The second-order valence-electron chi connectivity index (χ2n) is 9.02. The Morgan fingerprint density at radius 3 is 2.52 bits per heavy atom. The Balaban J connectivity index is 1.57. The van der Waals surface area contributed by atoms with Crippen LogP contribution in [0.15, 0.2) is 60.8 Å². The summed E-state index contributed by atoms with van der Waals surface area (Å²) in [5.41, 5.74) is 6.69. The largest absolute Gasteiger partial charge is 0.506 e. The minimum absolute atomic E-state index is 0.139. The molecule has 2 aromatic carbocycles. The molecule has 0 unspecified atom stereocenters. The van der Waals surface area contributed by atoms with Gasteiger partial charge in [0.2, 0.25) is 0 Å². The average Bonchev–Trinajstić information content (AvgIpc) is 2.82. The number of rotatable bonds is 7. The predicted molar refractivity (Wildman–Crippen MR) is 132 cm³/mol. The van der Waals surface area contributed by atoms with Gasteiger partial charge in [-0.2, -0.15) is 5.26 Å². The zero-order valence-electron chi connectivity index (χ0n) is 19.5. The number of aryl methyl sites for hydroxylation is 3. The fourth-order valence-corrected chi connectivity index (χ4v) is 4.51. The van der Waals surface area contributed by atoms with Crippen molar-refractivity contribution in [3.8, 4) is 11.8 Å². The maximum atomic E-state index is 10.9. The third-order valence-corrected chi connectivity index (χ3v) is 6.39. The number of aromatic nitrogens is 1. The summed E-state index contributed by atoms with van der Waals surface area (Å²) in [4.78, 5) is 9.38. The number of hydrogen-bond acceptors (Lipinski definition) is 5. The van der Waals surface area contributed by atoms with Crippen LogP contribution < -0.4 is 4.90 Å². The minimum Gasteiger partial charge on any atom is -0.506 e. The normalized spacial score (nSPS) is 16.5. The number of anilines is 1. The quantitative estimate of drug-likeness (QED) is 0.504. The van der Waals surface area contributed by atoms with Crippen LogP contribution >= 0.6 is 0 Å². The van der Waals surface area contributed by atoms with Crippen molar-refractivity contribution in [2.24, 2.45) is 0 Å². The molecule has 1 aromatic heterocycles. The van der Waals surface area contributed by atoms with E-state index in [-0.39, 0.29) is 6.04 Å². The second-order valence-corrected chi connectivity index (χ2v) is 9.02. The van der Waals surface area contributed by atoms with Crippen LogP contribution in [0.1, 0.15) is 46.8 Å². The van der Waals surface area contributed by atoms with Crippen molar-refractivity contribution in [3.05, 3.63) is 88.7 Å². The van der Waals surface area contributed by atoms with E-state index >= 15 is 0 Å². The molecule has 1 aliphatic rings. The van der Waals surface area contributed by atoms with E-state index in [0.717, 1.165) is 56.0 Å². The smallest absolute Gasteiger partial charge is 0.139 e. The first-order valence-corrected chi connectivity index (χ1v) is 11.7. The van der Waals surface area contributed by atoms with Gasteiger partial charge in [0.25, 0.3) is 0 Å². The van der Waals surface area contributed by atoms with Crippen LogP contribution in [0.3, 0.4) is 0 Å². The summed E-state index contributed by atoms with van der Waals surface area (Å²) in [7, 11) is 0. The molecule has 1 fully saturated rings. The molecule has 1 atom stereocenters. The number of phenols is 1. The Kier molecular flexibility index (Phi) is 7.26. The van der Waals surface area contributed by atoms with Crippen molar-refractivity contribution in [2.45, 2.75) is 45.7 Å². The van der Waals surface area contributed by atoms with Gasteiger partial charge in [-0.1, -0.05) is 42.0 Å². The van der Waals surface area contributed by atoms with Crippen molar-refractivity contribution in [1.82, 2.24) is 9.88 Å². The standard InChI is InChI=1S/C28H32N4O/c1-21-6-10-24(11-7-21)27-20-31(19-25-12-8-22(2)18-30-25)15-16-32(27)26-13-9-23(17-28(26)33)5-3-4-14-29/h6-13,17-18,27,33H,3-5,15-16,19-20H2,1-2H3/t27-/m0/s1. The zero-order valence-corrected chi connectivity index (χ0v) is 19.5. The number of benzene rings is 2. The summed E-state index contributed by atoms with van der Waals surface area (Å²) in [6.07, 6.45) is 4.09. The summed E-state index contributed by atoms with van der Waals surface area (Å²) in [6.45, 7) is 7.58. The first-order valence-electron chi connectivity index (χ1n) is 11.7. The Morgan fingerprint density at radius 2 is 1.82 bits per heavy atom. The lowest BCUT2D eigenvalue weighted by molar-refractivity contribution is 0.212. The van der Waals surface area contributed by atoms with Crippen molar-refractivity contribution >= 4 is 5.69 Å². The molecule has 33 heavy (non-hydrogen) atoms. The molecule has 3 aromatic rings. The molecule has 5 nitrogen and oxygen atoms in total. The van der Waals surface area contributed by atoms with Crippen LogP contribution in [0.5, 0.6) is 5.75 Å². The van der Waals surface area contributed by atoms with E-state index in [2.05, 4.69) is 77.2 Å². The number of hydrogen-bond donors (Lipinski definition) is 1.